The summed E-state index contributed by atoms with van der Waals surface area (Å²) in [5.74, 6) is 1.19. The van der Waals surface area contributed by atoms with Gasteiger partial charge in [-0.1, -0.05) is 18.2 Å². The van der Waals surface area contributed by atoms with Crippen molar-refractivity contribution in [3.05, 3.63) is 30.3 Å². The minimum Gasteiger partial charge on any atom is -0.410 e. The number of hydrogen-bond donors (Lipinski definition) is 0. The molecule has 0 unspecified atom stereocenters. The standard InChI is InChI=1S/C15H22N2O2/c1-16-10-8-13(9-11-16)12-17(2)15(18)19-14-6-4-3-5-7-14/h3-7,13H,8-12H2,1-2H3. The van der Waals surface area contributed by atoms with Crippen LogP contribution in [0.4, 0.5) is 4.79 Å². The minimum atomic E-state index is -0.273. The average molecular weight is 262 g/mol. The topological polar surface area (TPSA) is 32.8 Å². The van der Waals surface area contributed by atoms with Crippen molar-refractivity contribution in [1.82, 2.24) is 9.80 Å². The zero-order chi connectivity index (χ0) is 13.7. The number of rotatable bonds is 3. The first-order valence-corrected chi connectivity index (χ1v) is 6.81. The fraction of sp³-hybridized carbons (Fsp3) is 0.533. The third-order valence-corrected chi connectivity index (χ3v) is 3.63. The normalized spacial score (nSPS) is 17.2. The molecule has 19 heavy (non-hydrogen) atoms. The highest BCUT2D eigenvalue weighted by atomic mass is 16.6. The maximum Gasteiger partial charge on any atom is 0.414 e. The van der Waals surface area contributed by atoms with Gasteiger partial charge in [0, 0.05) is 13.6 Å². The molecule has 2 rings (SSSR count). The van der Waals surface area contributed by atoms with E-state index >= 15 is 0 Å². The number of benzene rings is 1. The number of para-hydroxylation sites is 1. The van der Waals surface area contributed by atoms with E-state index in [9.17, 15) is 4.79 Å². The van der Waals surface area contributed by atoms with E-state index in [1.54, 1.807) is 17.0 Å². The van der Waals surface area contributed by atoms with Crippen LogP contribution in [0.5, 0.6) is 5.75 Å². The molecule has 1 saturated heterocycles. The third-order valence-electron chi connectivity index (χ3n) is 3.63. The summed E-state index contributed by atoms with van der Waals surface area (Å²) in [5, 5.41) is 0. The van der Waals surface area contributed by atoms with E-state index in [2.05, 4.69) is 11.9 Å². The number of carbonyl (C=O) groups is 1. The van der Waals surface area contributed by atoms with E-state index in [4.69, 9.17) is 4.74 Å². The molecule has 1 aromatic rings. The van der Waals surface area contributed by atoms with Gasteiger partial charge in [0.05, 0.1) is 0 Å². The zero-order valence-electron chi connectivity index (χ0n) is 11.7. The number of ether oxygens (including phenoxy) is 1. The van der Waals surface area contributed by atoms with Crippen LogP contribution in [-0.4, -0.2) is 49.6 Å². The zero-order valence-corrected chi connectivity index (χ0v) is 11.7. The van der Waals surface area contributed by atoms with Gasteiger partial charge in [0.15, 0.2) is 0 Å². The lowest BCUT2D eigenvalue weighted by atomic mass is 9.97. The predicted molar refractivity (Wildman–Crippen MR) is 75.3 cm³/mol. The lowest BCUT2D eigenvalue weighted by Crippen LogP contribution is -2.39. The van der Waals surface area contributed by atoms with Crippen molar-refractivity contribution < 1.29 is 9.53 Å². The minimum absolute atomic E-state index is 0.273. The summed E-state index contributed by atoms with van der Waals surface area (Å²) < 4.78 is 5.32. The highest BCUT2D eigenvalue weighted by molar-refractivity contribution is 5.70. The molecular weight excluding hydrogens is 240 g/mol. The number of likely N-dealkylation sites (tertiary alicyclic amines) is 1. The fourth-order valence-electron chi connectivity index (χ4n) is 2.37. The highest BCUT2D eigenvalue weighted by Crippen LogP contribution is 2.17. The second-order valence-electron chi connectivity index (χ2n) is 5.31. The molecule has 0 aliphatic carbocycles. The van der Waals surface area contributed by atoms with Crippen molar-refractivity contribution >= 4 is 6.09 Å². The molecule has 1 heterocycles. The van der Waals surface area contributed by atoms with E-state index < -0.39 is 0 Å². The summed E-state index contributed by atoms with van der Waals surface area (Å²) in [6.45, 7) is 3.01. The number of nitrogens with zero attached hydrogens (tertiary/aromatic N) is 2. The maximum absolute atomic E-state index is 11.9. The molecule has 1 aliphatic heterocycles. The van der Waals surface area contributed by atoms with Gasteiger partial charge in [-0.15, -0.1) is 0 Å². The summed E-state index contributed by atoms with van der Waals surface area (Å²) in [6.07, 6.45) is 2.03. The van der Waals surface area contributed by atoms with E-state index in [1.165, 1.54) is 0 Å². The Morgan fingerprint density at radius 3 is 2.58 bits per heavy atom. The quantitative estimate of drug-likeness (QED) is 0.839. The van der Waals surface area contributed by atoms with Gasteiger partial charge in [-0.3, -0.25) is 0 Å². The van der Waals surface area contributed by atoms with Gasteiger partial charge in [-0.05, 0) is 51.0 Å². The lowest BCUT2D eigenvalue weighted by molar-refractivity contribution is 0.140. The van der Waals surface area contributed by atoms with Crippen molar-refractivity contribution in [2.24, 2.45) is 5.92 Å². The first kappa shape index (κ1) is 13.9. The Labute approximate surface area is 115 Å². The highest BCUT2D eigenvalue weighted by Gasteiger charge is 2.21. The van der Waals surface area contributed by atoms with Crippen LogP contribution < -0.4 is 4.74 Å². The van der Waals surface area contributed by atoms with Crippen LogP contribution >= 0.6 is 0 Å². The SMILES string of the molecule is CN1CCC(CN(C)C(=O)Oc2ccccc2)CC1. The first-order chi connectivity index (χ1) is 9.15. The van der Waals surface area contributed by atoms with Crippen molar-refractivity contribution in [1.29, 1.82) is 0 Å². The number of carbonyl (C=O) groups excluding carboxylic acids is 1. The Morgan fingerprint density at radius 1 is 1.32 bits per heavy atom. The van der Waals surface area contributed by atoms with Crippen LogP contribution in [0.15, 0.2) is 30.3 Å². The van der Waals surface area contributed by atoms with Crippen molar-refractivity contribution in [3.8, 4) is 5.75 Å². The molecular formula is C15H22N2O2. The molecule has 4 nitrogen and oxygen atoms in total. The number of hydrogen-bond acceptors (Lipinski definition) is 3. The summed E-state index contributed by atoms with van der Waals surface area (Å²) in [4.78, 5) is 16.0. The van der Waals surface area contributed by atoms with Crippen LogP contribution in [-0.2, 0) is 0 Å². The molecule has 1 aromatic carbocycles. The van der Waals surface area contributed by atoms with Crippen molar-refractivity contribution in [2.45, 2.75) is 12.8 Å². The van der Waals surface area contributed by atoms with Gasteiger partial charge >= 0.3 is 6.09 Å². The van der Waals surface area contributed by atoms with Crippen LogP contribution in [0, 0.1) is 5.92 Å². The second kappa shape index (κ2) is 6.57. The molecule has 1 amide bonds. The summed E-state index contributed by atoms with van der Waals surface area (Å²) in [5.41, 5.74) is 0. The molecule has 0 saturated carbocycles. The summed E-state index contributed by atoms with van der Waals surface area (Å²) >= 11 is 0. The first-order valence-electron chi connectivity index (χ1n) is 6.81. The smallest absolute Gasteiger partial charge is 0.410 e. The molecule has 0 spiro atoms. The summed E-state index contributed by atoms with van der Waals surface area (Å²) in [6, 6.07) is 9.21. The van der Waals surface area contributed by atoms with Gasteiger partial charge in [0.2, 0.25) is 0 Å². The Hall–Kier alpha value is -1.55. The van der Waals surface area contributed by atoms with Crippen LogP contribution in [0.2, 0.25) is 0 Å². The van der Waals surface area contributed by atoms with Crippen molar-refractivity contribution in [3.63, 3.8) is 0 Å². The molecule has 4 heteroatoms. The van der Waals surface area contributed by atoms with E-state index in [-0.39, 0.29) is 6.09 Å². The van der Waals surface area contributed by atoms with E-state index in [1.807, 2.05) is 25.2 Å². The molecule has 104 valence electrons. The molecule has 0 aromatic heterocycles. The van der Waals surface area contributed by atoms with Crippen molar-refractivity contribution in [2.75, 3.05) is 33.7 Å². The summed E-state index contributed by atoms with van der Waals surface area (Å²) in [7, 11) is 3.95. The maximum atomic E-state index is 11.9. The second-order valence-corrected chi connectivity index (χ2v) is 5.31. The van der Waals surface area contributed by atoms with Crippen LogP contribution in [0.1, 0.15) is 12.8 Å². The lowest BCUT2D eigenvalue weighted by Gasteiger charge is -2.31. The Morgan fingerprint density at radius 2 is 1.95 bits per heavy atom. The van der Waals surface area contributed by atoms with Crippen LogP contribution in [0.25, 0.3) is 0 Å². The molecule has 0 atom stereocenters. The molecule has 0 bridgehead atoms. The Balaban J connectivity index is 1.79. The van der Waals surface area contributed by atoms with Gasteiger partial charge in [0.1, 0.15) is 5.75 Å². The fourth-order valence-corrected chi connectivity index (χ4v) is 2.37. The van der Waals surface area contributed by atoms with Crippen LogP contribution in [0.3, 0.4) is 0 Å². The molecule has 1 aliphatic rings. The van der Waals surface area contributed by atoms with Gasteiger partial charge in [0.25, 0.3) is 0 Å². The van der Waals surface area contributed by atoms with E-state index in [0.717, 1.165) is 32.5 Å². The molecule has 1 fully saturated rings. The number of amides is 1. The van der Waals surface area contributed by atoms with Gasteiger partial charge in [-0.2, -0.15) is 0 Å². The predicted octanol–water partition coefficient (Wildman–Crippen LogP) is 2.46. The monoisotopic (exact) mass is 262 g/mol. The Kier molecular flexibility index (Phi) is 4.80. The third kappa shape index (κ3) is 4.24. The number of piperidine rings is 1. The average Bonchev–Trinajstić information content (AvgIpc) is 2.42. The van der Waals surface area contributed by atoms with E-state index in [0.29, 0.717) is 11.7 Å². The largest absolute Gasteiger partial charge is 0.414 e. The van der Waals surface area contributed by atoms with Gasteiger partial charge in [-0.25, -0.2) is 4.79 Å². The van der Waals surface area contributed by atoms with Gasteiger partial charge < -0.3 is 14.5 Å². The Bertz CT molecular complexity index is 400. The molecule has 0 N–H and O–H groups in total. The molecule has 0 radical (unpaired) electrons.